The largest absolute Gasteiger partial charge is 0.504 e. The number of rotatable bonds is 3. The third-order valence-corrected chi connectivity index (χ3v) is 2.49. The molecule has 0 bridgehead atoms. The van der Waals surface area contributed by atoms with Crippen molar-refractivity contribution in [2.45, 2.75) is 0 Å². The second-order valence-corrected chi connectivity index (χ2v) is 3.82. The number of benzene rings is 2. The van der Waals surface area contributed by atoms with Gasteiger partial charge in [0.25, 0.3) is 5.69 Å². The van der Waals surface area contributed by atoms with Gasteiger partial charge in [0, 0.05) is 12.1 Å². The SMILES string of the molecule is O=C(Oc1cccc(O)c1O)c1ccc([N+](=O)[O-])cc1. The van der Waals surface area contributed by atoms with Crippen LogP contribution in [-0.4, -0.2) is 21.1 Å². The van der Waals surface area contributed by atoms with Crippen LogP contribution in [0, 0.1) is 10.1 Å². The minimum Gasteiger partial charge on any atom is -0.504 e. The molecule has 0 saturated heterocycles. The van der Waals surface area contributed by atoms with Crippen LogP contribution in [-0.2, 0) is 0 Å². The van der Waals surface area contributed by atoms with E-state index in [1.54, 1.807) is 0 Å². The van der Waals surface area contributed by atoms with Crippen molar-refractivity contribution >= 4 is 11.7 Å². The molecule has 2 aromatic carbocycles. The van der Waals surface area contributed by atoms with Crippen molar-refractivity contribution in [2.24, 2.45) is 0 Å². The van der Waals surface area contributed by atoms with Crippen LogP contribution in [0.5, 0.6) is 17.2 Å². The number of non-ortho nitro benzene ring substituents is 1. The van der Waals surface area contributed by atoms with Gasteiger partial charge in [0.1, 0.15) is 0 Å². The summed E-state index contributed by atoms with van der Waals surface area (Å²) in [6.45, 7) is 0. The molecular formula is C13H9NO6. The molecule has 0 aliphatic rings. The molecule has 0 aliphatic heterocycles. The van der Waals surface area contributed by atoms with Crippen molar-refractivity contribution in [2.75, 3.05) is 0 Å². The van der Waals surface area contributed by atoms with Crippen LogP contribution in [0.15, 0.2) is 42.5 Å². The first-order chi connectivity index (χ1) is 9.49. The molecule has 2 rings (SSSR count). The van der Waals surface area contributed by atoms with Crippen LogP contribution in [0.2, 0.25) is 0 Å². The summed E-state index contributed by atoms with van der Waals surface area (Å²) in [5.74, 6) is -1.98. The van der Waals surface area contributed by atoms with Crippen molar-refractivity contribution in [3.8, 4) is 17.2 Å². The zero-order valence-corrected chi connectivity index (χ0v) is 10.0. The number of nitrogens with zero attached hydrogens (tertiary/aromatic N) is 1. The van der Waals surface area contributed by atoms with E-state index in [1.165, 1.54) is 42.5 Å². The Balaban J connectivity index is 2.20. The van der Waals surface area contributed by atoms with E-state index in [9.17, 15) is 25.1 Å². The number of nitro benzene ring substituents is 1. The molecule has 7 nitrogen and oxygen atoms in total. The van der Waals surface area contributed by atoms with E-state index in [1.807, 2.05) is 0 Å². The van der Waals surface area contributed by atoms with Crippen molar-refractivity contribution in [3.05, 3.63) is 58.1 Å². The highest BCUT2D eigenvalue weighted by Gasteiger charge is 2.14. The minimum absolute atomic E-state index is 0.0818. The summed E-state index contributed by atoms with van der Waals surface area (Å²) in [6.07, 6.45) is 0. The number of hydrogen-bond acceptors (Lipinski definition) is 6. The van der Waals surface area contributed by atoms with E-state index in [-0.39, 0.29) is 17.0 Å². The topological polar surface area (TPSA) is 110 Å². The summed E-state index contributed by atoms with van der Waals surface area (Å²) in [4.78, 5) is 21.7. The number of para-hydroxylation sites is 1. The van der Waals surface area contributed by atoms with E-state index < -0.39 is 22.4 Å². The first-order valence-electron chi connectivity index (χ1n) is 5.46. The number of carbonyl (C=O) groups is 1. The molecule has 7 heteroatoms. The summed E-state index contributed by atoms with van der Waals surface area (Å²) < 4.78 is 4.89. The molecule has 0 unspecified atom stereocenters. The number of phenols is 2. The fourth-order valence-electron chi connectivity index (χ4n) is 1.47. The lowest BCUT2D eigenvalue weighted by Crippen LogP contribution is -2.08. The Morgan fingerprint density at radius 3 is 2.35 bits per heavy atom. The second-order valence-electron chi connectivity index (χ2n) is 3.82. The highest BCUT2D eigenvalue weighted by atomic mass is 16.6. The Hall–Kier alpha value is -3.09. The maximum absolute atomic E-state index is 11.8. The van der Waals surface area contributed by atoms with Crippen LogP contribution in [0.4, 0.5) is 5.69 Å². The Morgan fingerprint density at radius 1 is 1.10 bits per heavy atom. The van der Waals surface area contributed by atoms with Crippen molar-refractivity contribution in [3.63, 3.8) is 0 Å². The van der Waals surface area contributed by atoms with Gasteiger partial charge in [-0.3, -0.25) is 10.1 Å². The van der Waals surface area contributed by atoms with Crippen molar-refractivity contribution in [1.82, 2.24) is 0 Å². The normalized spacial score (nSPS) is 10.0. The van der Waals surface area contributed by atoms with Crippen molar-refractivity contribution < 1.29 is 24.7 Å². The fourth-order valence-corrected chi connectivity index (χ4v) is 1.47. The van der Waals surface area contributed by atoms with E-state index in [2.05, 4.69) is 0 Å². The van der Waals surface area contributed by atoms with Gasteiger partial charge in [0.15, 0.2) is 11.5 Å². The Kier molecular flexibility index (Phi) is 3.52. The van der Waals surface area contributed by atoms with Gasteiger partial charge in [-0.05, 0) is 24.3 Å². The maximum Gasteiger partial charge on any atom is 0.343 e. The average molecular weight is 275 g/mol. The van der Waals surface area contributed by atoms with Crippen molar-refractivity contribution in [1.29, 1.82) is 0 Å². The van der Waals surface area contributed by atoms with Gasteiger partial charge in [-0.15, -0.1) is 0 Å². The number of aromatic hydroxyl groups is 2. The summed E-state index contributed by atoms with van der Waals surface area (Å²) in [5.41, 5.74) is -0.0694. The molecule has 0 aromatic heterocycles. The molecule has 0 radical (unpaired) electrons. The highest BCUT2D eigenvalue weighted by molar-refractivity contribution is 5.91. The molecule has 102 valence electrons. The number of ether oxygens (including phenoxy) is 1. The molecule has 0 aliphatic carbocycles. The summed E-state index contributed by atoms with van der Waals surface area (Å²) in [6, 6.07) is 8.74. The number of hydrogen-bond donors (Lipinski definition) is 2. The summed E-state index contributed by atoms with van der Waals surface area (Å²) in [5, 5.41) is 29.2. The second kappa shape index (κ2) is 5.27. The molecule has 20 heavy (non-hydrogen) atoms. The Morgan fingerprint density at radius 2 is 1.75 bits per heavy atom. The quantitative estimate of drug-likeness (QED) is 0.292. The van der Waals surface area contributed by atoms with Gasteiger partial charge in [0.05, 0.1) is 10.5 Å². The van der Waals surface area contributed by atoms with Gasteiger partial charge in [0.2, 0.25) is 5.75 Å². The molecule has 0 heterocycles. The molecule has 2 N–H and O–H groups in total. The van der Waals surface area contributed by atoms with Gasteiger partial charge in [-0.1, -0.05) is 6.07 Å². The predicted octanol–water partition coefficient (Wildman–Crippen LogP) is 2.23. The predicted molar refractivity (Wildman–Crippen MR) is 67.8 cm³/mol. The van der Waals surface area contributed by atoms with Gasteiger partial charge >= 0.3 is 5.97 Å². The smallest absolute Gasteiger partial charge is 0.343 e. The van der Waals surface area contributed by atoms with E-state index >= 15 is 0 Å². The van der Waals surface area contributed by atoms with Crippen LogP contribution >= 0.6 is 0 Å². The third-order valence-electron chi connectivity index (χ3n) is 2.49. The molecule has 0 amide bonds. The lowest BCUT2D eigenvalue weighted by molar-refractivity contribution is -0.384. The van der Waals surface area contributed by atoms with E-state index in [4.69, 9.17) is 4.74 Å². The zero-order valence-electron chi connectivity index (χ0n) is 10.0. The molecule has 0 atom stereocenters. The number of carbonyl (C=O) groups excluding carboxylic acids is 1. The maximum atomic E-state index is 11.8. The molecule has 2 aromatic rings. The van der Waals surface area contributed by atoms with Gasteiger partial charge in [-0.2, -0.15) is 0 Å². The number of esters is 1. The summed E-state index contributed by atoms with van der Waals surface area (Å²) in [7, 11) is 0. The monoisotopic (exact) mass is 275 g/mol. The first-order valence-corrected chi connectivity index (χ1v) is 5.46. The van der Waals surface area contributed by atoms with Gasteiger partial charge < -0.3 is 14.9 Å². The highest BCUT2D eigenvalue weighted by Crippen LogP contribution is 2.34. The van der Waals surface area contributed by atoms with Gasteiger partial charge in [-0.25, -0.2) is 4.79 Å². The minimum atomic E-state index is -0.805. The van der Waals surface area contributed by atoms with Crippen LogP contribution in [0.3, 0.4) is 0 Å². The van der Waals surface area contributed by atoms with Crippen LogP contribution in [0.25, 0.3) is 0 Å². The molecule has 0 saturated carbocycles. The van der Waals surface area contributed by atoms with Crippen LogP contribution in [0.1, 0.15) is 10.4 Å². The van der Waals surface area contributed by atoms with E-state index in [0.29, 0.717) is 0 Å². The third kappa shape index (κ3) is 2.66. The number of nitro groups is 1. The lowest BCUT2D eigenvalue weighted by atomic mass is 10.2. The summed E-state index contributed by atoms with van der Waals surface area (Å²) >= 11 is 0. The van der Waals surface area contributed by atoms with E-state index in [0.717, 1.165) is 0 Å². The molecule has 0 spiro atoms. The first kappa shape index (κ1) is 13.3. The standard InChI is InChI=1S/C13H9NO6/c15-10-2-1-3-11(12(10)16)20-13(17)8-4-6-9(7-5-8)14(18)19/h1-7,15-16H. The number of phenolic OH excluding ortho intramolecular Hbond substituents is 2. The Bertz CT molecular complexity index is 665. The average Bonchev–Trinajstić information content (AvgIpc) is 2.44. The fraction of sp³-hybridized carbons (Fsp3) is 0. The zero-order chi connectivity index (χ0) is 14.7. The molecular weight excluding hydrogens is 266 g/mol. The van der Waals surface area contributed by atoms with Crippen LogP contribution < -0.4 is 4.74 Å². The molecule has 0 fully saturated rings. The Labute approximate surface area is 112 Å². The lowest BCUT2D eigenvalue weighted by Gasteiger charge is -2.06.